The zero-order valence-corrected chi connectivity index (χ0v) is 12.3. The second-order valence-corrected chi connectivity index (χ2v) is 4.83. The molecule has 110 valence electrons. The molecule has 0 unspecified atom stereocenters. The van der Waals surface area contributed by atoms with E-state index in [2.05, 4.69) is 5.32 Å². The molecule has 0 radical (unpaired) electrons. The fourth-order valence-corrected chi connectivity index (χ4v) is 1.95. The van der Waals surface area contributed by atoms with Crippen LogP contribution >= 0.6 is 11.6 Å². The Balaban J connectivity index is 2.33. The van der Waals surface area contributed by atoms with E-state index in [9.17, 15) is 10.1 Å². The van der Waals surface area contributed by atoms with Gasteiger partial charge in [-0.15, -0.1) is 0 Å². The van der Waals surface area contributed by atoms with Gasteiger partial charge in [0.2, 0.25) is 5.75 Å². The van der Waals surface area contributed by atoms with Gasteiger partial charge in [0.1, 0.15) is 11.4 Å². The molecule has 2 rings (SSSR count). The first kappa shape index (κ1) is 15.1. The van der Waals surface area contributed by atoms with E-state index >= 15 is 0 Å². The predicted molar refractivity (Wildman–Crippen MR) is 83.4 cm³/mol. The van der Waals surface area contributed by atoms with Crippen molar-refractivity contribution in [1.82, 2.24) is 0 Å². The molecule has 0 saturated carbocycles. The molecule has 0 amide bonds. The van der Waals surface area contributed by atoms with Crippen LogP contribution in [0.1, 0.15) is 13.3 Å². The second-order valence-electron chi connectivity index (χ2n) is 4.39. The molecule has 0 saturated heterocycles. The summed E-state index contributed by atoms with van der Waals surface area (Å²) >= 11 is 5.81. The number of para-hydroxylation sites is 1. The normalized spacial score (nSPS) is 10.2. The molecule has 6 heteroatoms. The van der Waals surface area contributed by atoms with Crippen LogP contribution < -0.4 is 10.1 Å². The van der Waals surface area contributed by atoms with Crippen LogP contribution in [0.3, 0.4) is 0 Å². The van der Waals surface area contributed by atoms with Crippen LogP contribution in [0.25, 0.3) is 0 Å². The molecule has 0 bridgehead atoms. The Morgan fingerprint density at radius 2 is 1.95 bits per heavy atom. The van der Waals surface area contributed by atoms with Crippen LogP contribution in [0.2, 0.25) is 5.02 Å². The molecule has 5 nitrogen and oxygen atoms in total. The largest absolute Gasteiger partial charge is 0.450 e. The highest BCUT2D eigenvalue weighted by molar-refractivity contribution is 6.30. The maximum atomic E-state index is 11.3. The van der Waals surface area contributed by atoms with Crippen molar-refractivity contribution in [3.63, 3.8) is 0 Å². The van der Waals surface area contributed by atoms with E-state index in [0.29, 0.717) is 23.0 Å². The molecular weight excluding hydrogens is 292 g/mol. The fourth-order valence-electron chi connectivity index (χ4n) is 1.82. The number of nitro groups is 1. The number of anilines is 1. The molecule has 0 aliphatic rings. The number of nitro benzene ring substituents is 1. The summed E-state index contributed by atoms with van der Waals surface area (Å²) in [7, 11) is 0. The van der Waals surface area contributed by atoms with Gasteiger partial charge in [-0.25, -0.2) is 0 Å². The SMILES string of the molecule is CCCNc1cccc(Oc2ccc(Cl)cc2)c1[N+](=O)[O-]. The zero-order valence-electron chi connectivity index (χ0n) is 11.5. The van der Waals surface area contributed by atoms with E-state index < -0.39 is 4.92 Å². The summed E-state index contributed by atoms with van der Waals surface area (Å²) in [5.41, 5.74) is 0.384. The van der Waals surface area contributed by atoms with Crippen LogP contribution in [0.5, 0.6) is 11.5 Å². The van der Waals surface area contributed by atoms with Gasteiger partial charge in [-0.3, -0.25) is 10.1 Å². The first-order chi connectivity index (χ1) is 10.1. The van der Waals surface area contributed by atoms with Crippen molar-refractivity contribution in [3.05, 3.63) is 57.6 Å². The molecule has 0 aliphatic carbocycles. The highest BCUT2D eigenvalue weighted by Crippen LogP contribution is 2.37. The third-order valence-electron chi connectivity index (χ3n) is 2.79. The highest BCUT2D eigenvalue weighted by atomic mass is 35.5. The highest BCUT2D eigenvalue weighted by Gasteiger charge is 2.21. The van der Waals surface area contributed by atoms with Crippen molar-refractivity contribution < 1.29 is 9.66 Å². The molecule has 0 aliphatic heterocycles. The van der Waals surface area contributed by atoms with E-state index in [1.54, 1.807) is 42.5 Å². The lowest BCUT2D eigenvalue weighted by atomic mass is 10.2. The van der Waals surface area contributed by atoms with Crippen LogP contribution in [0.4, 0.5) is 11.4 Å². The number of benzene rings is 2. The minimum Gasteiger partial charge on any atom is -0.450 e. The van der Waals surface area contributed by atoms with Gasteiger partial charge in [0.05, 0.1) is 4.92 Å². The standard InChI is InChI=1S/C15H15ClN2O3/c1-2-10-17-13-4-3-5-14(15(13)18(19)20)21-12-8-6-11(16)7-9-12/h3-9,17H,2,10H2,1H3. The monoisotopic (exact) mass is 306 g/mol. The van der Waals surface area contributed by atoms with Gasteiger partial charge in [0.25, 0.3) is 0 Å². The van der Waals surface area contributed by atoms with Crippen molar-refractivity contribution in [1.29, 1.82) is 0 Å². The Hall–Kier alpha value is -2.27. The maximum Gasteiger partial charge on any atom is 0.334 e. The molecule has 2 aromatic rings. The number of rotatable bonds is 6. The maximum absolute atomic E-state index is 11.3. The summed E-state index contributed by atoms with van der Waals surface area (Å²) in [6, 6.07) is 11.6. The zero-order chi connectivity index (χ0) is 15.2. The molecule has 0 fully saturated rings. The van der Waals surface area contributed by atoms with Gasteiger partial charge < -0.3 is 10.1 Å². The van der Waals surface area contributed by atoms with Gasteiger partial charge >= 0.3 is 5.69 Å². The van der Waals surface area contributed by atoms with E-state index in [1.165, 1.54) is 0 Å². The van der Waals surface area contributed by atoms with Crippen LogP contribution in [-0.2, 0) is 0 Å². The van der Waals surface area contributed by atoms with Crippen molar-refractivity contribution in [2.75, 3.05) is 11.9 Å². The minimum atomic E-state index is -0.441. The number of hydrogen-bond acceptors (Lipinski definition) is 4. The average Bonchev–Trinajstić information content (AvgIpc) is 2.47. The fraction of sp³-hybridized carbons (Fsp3) is 0.200. The van der Waals surface area contributed by atoms with Crippen LogP contribution in [0.15, 0.2) is 42.5 Å². The summed E-state index contributed by atoms with van der Waals surface area (Å²) in [6.45, 7) is 2.65. The minimum absolute atomic E-state index is 0.0686. The lowest BCUT2D eigenvalue weighted by Crippen LogP contribution is -2.04. The quantitative estimate of drug-likeness (QED) is 0.611. The Labute approximate surface area is 127 Å². The van der Waals surface area contributed by atoms with Gasteiger partial charge in [-0.1, -0.05) is 24.6 Å². The van der Waals surface area contributed by atoms with E-state index in [0.717, 1.165) is 6.42 Å². The molecule has 0 atom stereocenters. The predicted octanol–water partition coefficient (Wildman–Crippen LogP) is 4.86. The van der Waals surface area contributed by atoms with Gasteiger partial charge in [-0.05, 0) is 42.8 Å². The first-order valence-corrected chi connectivity index (χ1v) is 6.94. The summed E-state index contributed by atoms with van der Waals surface area (Å²) in [4.78, 5) is 10.9. The molecule has 0 aromatic heterocycles. The van der Waals surface area contributed by atoms with Crippen molar-refractivity contribution in [2.24, 2.45) is 0 Å². The van der Waals surface area contributed by atoms with E-state index in [-0.39, 0.29) is 11.4 Å². The summed E-state index contributed by atoms with van der Waals surface area (Å²) in [6.07, 6.45) is 0.874. The van der Waals surface area contributed by atoms with Crippen molar-refractivity contribution in [2.45, 2.75) is 13.3 Å². The van der Waals surface area contributed by atoms with Crippen molar-refractivity contribution in [3.8, 4) is 11.5 Å². The van der Waals surface area contributed by atoms with Crippen LogP contribution in [0, 0.1) is 10.1 Å². The van der Waals surface area contributed by atoms with E-state index in [1.807, 2.05) is 6.92 Å². The molecule has 2 aromatic carbocycles. The van der Waals surface area contributed by atoms with Gasteiger partial charge in [0.15, 0.2) is 0 Å². The molecule has 21 heavy (non-hydrogen) atoms. The summed E-state index contributed by atoms with van der Waals surface area (Å²) in [5.74, 6) is 0.693. The molecular formula is C15H15ClN2O3. The van der Waals surface area contributed by atoms with Crippen LogP contribution in [-0.4, -0.2) is 11.5 Å². The third-order valence-corrected chi connectivity index (χ3v) is 3.04. The topological polar surface area (TPSA) is 64.4 Å². The lowest BCUT2D eigenvalue weighted by Gasteiger charge is -2.10. The lowest BCUT2D eigenvalue weighted by molar-refractivity contribution is -0.384. The Morgan fingerprint density at radius 3 is 2.57 bits per heavy atom. The smallest absolute Gasteiger partial charge is 0.334 e. The molecule has 0 heterocycles. The number of hydrogen-bond donors (Lipinski definition) is 1. The Morgan fingerprint density at radius 1 is 1.24 bits per heavy atom. The summed E-state index contributed by atoms with van der Waals surface area (Å²) < 4.78 is 5.61. The number of halogens is 1. The number of ether oxygens (including phenoxy) is 1. The average molecular weight is 307 g/mol. The number of nitrogens with zero attached hydrogens (tertiary/aromatic N) is 1. The van der Waals surface area contributed by atoms with E-state index in [4.69, 9.17) is 16.3 Å². The summed E-state index contributed by atoms with van der Waals surface area (Å²) in [5, 5.41) is 14.9. The molecule has 0 spiro atoms. The Bertz CT molecular complexity index is 629. The van der Waals surface area contributed by atoms with Gasteiger partial charge in [0, 0.05) is 11.6 Å². The van der Waals surface area contributed by atoms with Gasteiger partial charge in [-0.2, -0.15) is 0 Å². The third kappa shape index (κ3) is 3.86. The molecule has 1 N–H and O–H groups in total. The van der Waals surface area contributed by atoms with Crippen molar-refractivity contribution >= 4 is 23.0 Å². The first-order valence-electron chi connectivity index (χ1n) is 6.56. The number of nitrogens with one attached hydrogen (secondary N) is 1. The Kier molecular flexibility index (Phi) is 5.00. The second kappa shape index (κ2) is 6.95.